The quantitative estimate of drug-likeness (QED) is 0.541. The zero-order chi connectivity index (χ0) is 19.6. The van der Waals surface area contributed by atoms with Crippen molar-refractivity contribution < 1.29 is 14.3 Å². The molecule has 0 saturated carbocycles. The summed E-state index contributed by atoms with van der Waals surface area (Å²) in [5.41, 5.74) is 2.50. The molecule has 2 aromatic rings. The van der Waals surface area contributed by atoms with Crippen molar-refractivity contribution >= 4 is 11.9 Å². The van der Waals surface area contributed by atoms with Gasteiger partial charge in [-0.15, -0.1) is 0 Å². The average Bonchev–Trinajstić information content (AvgIpc) is 2.69. The van der Waals surface area contributed by atoms with Gasteiger partial charge in [-0.2, -0.15) is 0 Å². The van der Waals surface area contributed by atoms with Gasteiger partial charge in [-0.05, 0) is 49.9 Å². The standard InChI is InChI=1S/C22H28N2O3/c1-4-16(2)20(24-21(25)18-11-6-5-7-12-18)22(26)27-15-9-14-19-13-8-10-17(3)23-19/h5-8,10-13,16,20H,4,9,14-15H2,1-3H3,(H,24,25). The first-order chi connectivity index (χ1) is 13.0. The lowest BCUT2D eigenvalue weighted by molar-refractivity contribution is -0.147. The Bertz CT molecular complexity index is 746. The van der Waals surface area contributed by atoms with E-state index < -0.39 is 6.04 Å². The highest BCUT2D eigenvalue weighted by Crippen LogP contribution is 2.12. The summed E-state index contributed by atoms with van der Waals surface area (Å²) >= 11 is 0. The van der Waals surface area contributed by atoms with Gasteiger partial charge in [0.2, 0.25) is 0 Å². The number of pyridine rings is 1. The number of hydrogen-bond donors (Lipinski definition) is 1. The molecule has 2 unspecified atom stereocenters. The number of aryl methyl sites for hydroxylation is 2. The Morgan fingerprint density at radius 1 is 1.11 bits per heavy atom. The summed E-state index contributed by atoms with van der Waals surface area (Å²) in [6, 6.07) is 14.1. The van der Waals surface area contributed by atoms with Gasteiger partial charge in [0.15, 0.2) is 0 Å². The van der Waals surface area contributed by atoms with E-state index in [1.54, 1.807) is 24.3 Å². The second-order valence-corrected chi connectivity index (χ2v) is 6.74. The molecule has 0 bridgehead atoms. The van der Waals surface area contributed by atoms with Crippen molar-refractivity contribution in [2.75, 3.05) is 6.61 Å². The highest BCUT2D eigenvalue weighted by Gasteiger charge is 2.27. The zero-order valence-electron chi connectivity index (χ0n) is 16.3. The molecule has 0 saturated heterocycles. The van der Waals surface area contributed by atoms with Crippen LogP contribution in [-0.4, -0.2) is 29.5 Å². The van der Waals surface area contributed by atoms with E-state index in [4.69, 9.17) is 4.74 Å². The summed E-state index contributed by atoms with van der Waals surface area (Å²) in [5, 5.41) is 2.82. The number of nitrogens with one attached hydrogen (secondary N) is 1. The van der Waals surface area contributed by atoms with Crippen LogP contribution in [0.1, 0.15) is 48.4 Å². The molecule has 0 aliphatic rings. The molecule has 1 aromatic heterocycles. The van der Waals surface area contributed by atoms with Crippen LogP contribution in [0.2, 0.25) is 0 Å². The number of nitrogens with zero attached hydrogens (tertiary/aromatic N) is 1. The third kappa shape index (κ3) is 6.51. The topological polar surface area (TPSA) is 68.3 Å². The maximum atomic E-state index is 12.5. The first-order valence-electron chi connectivity index (χ1n) is 9.46. The molecular weight excluding hydrogens is 340 g/mol. The summed E-state index contributed by atoms with van der Waals surface area (Å²) in [7, 11) is 0. The predicted molar refractivity (Wildman–Crippen MR) is 105 cm³/mol. The smallest absolute Gasteiger partial charge is 0.328 e. The van der Waals surface area contributed by atoms with Crippen LogP contribution >= 0.6 is 0 Å². The average molecular weight is 368 g/mol. The lowest BCUT2D eigenvalue weighted by atomic mass is 9.98. The Kier molecular flexibility index (Phi) is 7.99. The van der Waals surface area contributed by atoms with Crippen molar-refractivity contribution in [1.29, 1.82) is 0 Å². The van der Waals surface area contributed by atoms with Gasteiger partial charge in [0.25, 0.3) is 5.91 Å². The minimum atomic E-state index is -0.653. The number of hydrogen-bond acceptors (Lipinski definition) is 4. The van der Waals surface area contributed by atoms with E-state index in [-0.39, 0.29) is 17.8 Å². The SMILES string of the molecule is CCC(C)C(NC(=O)c1ccccc1)C(=O)OCCCc1cccc(C)n1. The van der Waals surface area contributed by atoms with E-state index >= 15 is 0 Å². The Morgan fingerprint density at radius 2 is 1.85 bits per heavy atom. The van der Waals surface area contributed by atoms with Crippen LogP contribution in [0.3, 0.4) is 0 Å². The summed E-state index contributed by atoms with van der Waals surface area (Å²) < 4.78 is 5.43. The minimum Gasteiger partial charge on any atom is -0.464 e. The fourth-order valence-corrected chi connectivity index (χ4v) is 2.74. The molecule has 2 rings (SSSR count). The normalized spacial score (nSPS) is 12.9. The lowest BCUT2D eigenvalue weighted by Gasteiger charge is -2.22. The first-order valence-corrected chi connectivity index (χ1v) is 9.46. The predicted octanol–water partition coefficient (Wildman–Crippen LogP) is 3.71. The molecular formula is C22H28N2O3. The largest absolute Gasteiger partial charge is 0.464 e. The van der Waals surface area contributed by atoms with Crippen LogP contribution in [0.4, 0.5) is 0 Å². The van der Waals surface area contributed by atoms with Gasteiger partial charge in [0.05, 0.1) is 6.61 Å². The maximum absolute atomic E-state index is 12.5. The van der Waals surface area contributed by atoms with Crippen molar-refractivity contribution in [2.45, 2.75) is 46.1 Å². The number of carbonyl (C=O) groups excluding carboxylic acids is 2. The van der Waals surface area contributed by atoms with Crippen molar-refractivity contribution in [2.24, 2.45) is 5.92 Å². The number of amides is 1. The van der Waals surface area contributed by atoms with Crippen molar-refractivity contribution in [1.82, 2.24) is 10.3 Å². The van der Waals surface area contributed by atoms with Crippen molar-refractivity contribution in [3.8, 4) is 0 Å². The molecule has 2 atom stereocenters. The maximum Gasteiger partial charge on any atom is 0.328 e. The Balaban J connectivity index is 1.87. The lowest BCUT2D eigenvalue weighted by Crippen LogP contribution is -2.46. The molecule has 0 fully saturated rings. The Morgan fingerprint density at radius 3 is 2.52 bits per heavy atom. The van der Waals surface area contributed by atoms with E-state index in [0.29, 0.717) is 18.6 Å². The fraction of sp³-hybridized carbons (Fsp3) is 0.409. The highest BCUT2D eigenvalue weighted by molar-refractivity contribution is 5.96. The highest BCUT2D eigenvalue weighted by atomic mass is 16.5. The number of benzene rings is 1. The molecule has 0 aliphatic carbocycles. The number of esters is 1. The van der Waals surface area contributed by atoms with Crippen LogP contribution in [0.25, 0.3) is 0 Å². The van der Waals surface area contributed by atoms with Gasteiger partial charge in [0, 0.05) is 17.0 Å². The fourth-order valence-electron chi connectivity index (χ4n) is 2.74. The van der Waals surface area contributed by atoms with Gasteiger partial charge in [-0.3, -0.25) is 9.78 Å². The van der Waals surface area contributed by atoms with E-state index in [2.05, 4.69) is 10.3 Å². The van der Waals surface area contributed by atoms with Gasteiger partial charge in [0.1, 0.15) is 6.04 Å². The molecule has 0 aliphatic heterocycles. The molecule has 0 spiro atoms. The summed E-state index contributed by atoms with van der Waals surface area (Å²) in [6.45, 7) is 6.19. The van der Waals surface area contributed by atoms with Crippen LogP contribution in [0.5, 0.6) is 0 Å². The molecule has 0 radical (unpaired) electrons. The van der Waals surface area contributed by atoms with Crippen LogP contribution in [0.15, 0.2) is 48.5 Å². The third-order valence-electron chi connectivity index (χ3n) is 4.56. The Hall–Kier alpha value is -2.69. The molecule has 5 heteroatoms. The van der Waals surface area contributed by atoms with Crippen molar-refractivity contribution in [3.05, 3.63) is 65.5 Å². The van der Waals surface area contributed by atoms with Crippen LogP contribution < -0.4 is 5.32 Å². The van der Waals surface area contributed by atoms with E-state index in [1.165, 1.54) is 0 Å². The molecule has 1 amide bonds. The van der Waals surface area contributed by atoms with E-state index in [9.17, 15) is 9.59 Å². The minimum absolute atomic E-state index is 0.0106. The number of rotatable bonds is 9. The van der Waals surface area contributed by atoms with Gasteiger partial charge in [-0.25, -0.2) is 4.79 Å². The summed E-state index contributed by atoms with van der Waals surface area (Å²) in [4.78, 5) is 29.4. The summed E-state index contributed by atoms with van der Waals surface area (Å²) in [5.74, 6) is -0.656. The van der Waals surface area contributed by atoms with Crippen LogP contribution in [0, 0.1) is 12.8 Å². The molecule has 1 aromatic carbocycles. The number of ether oxygens (including phenoxy) is 1. The molecule has 1 N–H and O–H groups in total. The van der Waals surface area contributed by atoms with Gasteiger partial charge in [-0.1, -0.05) is 44.5 Å². The molecule has 27 heavy (non-hydrogen) atoms. The third-order valence-corrected chi connectivity index (χ3v) is 4.56. The van der Waals surface area contributed by atoms with Crippen LogP contribution in [-0.2, 0) is 16.0 Å². The molecule has 5 nitrogen and oxygen atoms in total. The monoisotopic (exact) mass is 368 g/mol. The van der Waals surface area contributed by atoms with E-state index in [1.807, 2.05) is 45.0 Å². The number of carbonyl (C=O) groups is 2. The summed E-state index contributed by atoms with van der Waals surface area (Å²) in [6.07, 6.45) is 2.21. The second kappa shape index (κ2) is 10.5. The Labute approximate surface area is 161 Å². The molecule has 1 heterocycles. The molecule has 144 valence electrons. The second-order valence-electron chi connectivity index (χ2n) is 6.74. The van der Waals surface area contributed by atoms with Gasteiger partial charge < -0.3 is 10.1 Å². The van der Waals surface area contributed by atoms with E-state index in [0.717, 1.165) is 24.2 Å². The first kappa shape index (κ1) is 20.6. The zero-order valence-corrected chi connectivity index (χ0v) is 16.3. The van der Waals surface area contributed by atoms with Gasteiger partial charge >= 0.3 is 5.97 Å². The van der Waals surface area contributed by atoms with Crippen molar-refractivity contribution in [3.63, 3.8) is 0 Å². The number of aromatic nitrogens is 1.